The van der Waals surface area contributed by atoms with E-state index in [1.165, 1.54) is 11.8 Å². The molecule has 3 atom stereocenters. The van der Waals surface area contributed by atoms with Gasteiger partial charge in [-0.3, -0.25) is 0 Å². The number of thiocarbonyl (C=S) groups is 1. The Balaban J connectivity index is 2.88. The number of allylic oxidation sites excluding steroid dienone is 1. The minimum absolute atomic E-state index is 0.0633. The lowest BCUT2D eigenvalue weighted by molar-refractivity contribution is -0.331. The molecule has 0 aromatic heterocycles. The van der Waals surface area contributed by atoms with E-state index in [4.69, 9.17) is 30.9 Å². The molecule has 1 saturated heterocycles. The van der Waals surface area contributed by atoms with Crippen LogP contribution in [0.1, 0.15) is 60.3 Å². The van der Waals surface area contributed by atoms with Gasteiger partial charge in [0, 0.05) is 6.61 Å². The van der Waals surface area contributed by atoms with Crippen molar-refractivity contribution in [3.8, 4) is 0 Å². The van der Waals surface area contributed by atoms with Crippen molar-refractivity contribution in [3.63, 3.8) is 0 Å². The molecule has 1 aliphatic rings. The molecule has 0 amide bonds. The molecule has 1 unspecified atom stereocenters. The molecular weight excluding hydrogens is 408 g/mol. The first-order valence-electron chi connectivity index (χ1n) is 10.2. The summed E-state index contributed by atoms with van der Waals surface area (Å²) in [5.74, 6) is -0.651. The normalized spacial score (nSPS) is 25.4. The van der Waals surface area contributed by atoms with E-state index in [2.05, 4.69) is 40.4 Å². The second-order valence-corrected chi connectivity index (χ2v) is 15.6. The Morgan fingerprint density at radius 3 is 2.29 bits per heavy atom. The Morgan fingerprint density at radius 1 is 1.21 bits per heavy atom. The third kappa shape index (κ3) is 8.07. The molecule has 0 N–H and O–H groups in total. The van der Waals surface area contributed by atoms with Gasteiger partial charge in [-0.15, -0.1) is 6.58 Å². The molecular formula is C21H40O4S2Si. The van der Waals surface area contributed by atoms with Gasteiger partial charge in [-0.1, -0.05) is 38.6 Å². The lowest BCUT2D eigenvalue weighted by Crippen LogP contribution is -2.56. The Hall–Kier alpha value is 0.0769. The van der Waals surface area contributed by atoms with Crippen molar-refractivity contribution < 1.29 is 18.6 Å². The molecule has 0 aromatic carbocycles. The van der Waals surface area contributed by atoms with E-state index in [1.54, 1.807) is 0 Å². The van der Waals surface area contributed by atoms with Gasteiger partial charge >= 0.3 is 0 Å². The highest BCUT2D eigenvalue weighted by atomic mass is 32.2. The maximum absolute atomic E-state index is 6.39. The lowest BCUT2D eigenvalue weighted by Gasteiger charge is -2.46. The maximum atomic E-state index is 6.39. The van der Waals surface area contributed by atoms with E-state index in [9.17, 15) is 0 Å². The molecule has 0 radical (unpaired) electrons. The highest BCUT2D eigenvalue weighted by Gasteiger charge is 2.45. The van der Waals surface area contributed by atoms with Crippen molar-refractivity contribution in [1.82, 2.24) is 0 Å². The molecule has 1 rings (SSSR count). The Bertz CT molecular complexity index is 517. The van der Waals surface area contributed by atoms with E-state index in [0.717, 1.165) is 25.7 Å². The fourth-order valence-corrected chi connectivity index (χ4v) is 4.38. The van der Waals surface area contributed by atoms with Crippen LogP contribution in [-0.2, 0) is 18.6 Å². The summed E-state index contributed by atoms with van der Waals surface area (Å²) < 4.78 is 25.5. The lowest BCUT2D eigenvalue weighted by atomic mass is 9.97. The predicted octanol–water partition coefficient (Wildman–Crippen LogP) is 6.31. The van der Waals surface area contributed by atoms with Crippen molar-refractivity contribution in [2.24, 2.45) is 0 Å². The minimum Gasteiger partial charge on any atom is -0.470 e. The van der Waals surface area contributed by atoms with Gasteiger partial charge in [0.15, 0.2) is 20.2 Å². The van der Waals surface area contributed by atoms with Crippen LogP contribution in [0, 0.1) is 0 Å². The van der Waals surface area contributed by atoms with Crippen molar-refractivity contribution in [2.75, 3.05) is 12.9 Å². The van der Waals surface area contributed by atoms with E-state index in [-0.39, 0.29) is 23.4 Å². The molecule has 0 aliphatic carbocycles. The zero-order valence-electron chi connectivity index (χ0n) is 19.0. The Kier molecular flexibility index (Phi) is 10.2. The van der Waals surface area contributed by atoms with Crippen LogP contribution in [-0.4, -0.2) is 49.7 Å². The van der Waals surface area contributed by atoms with Gasteiger partial charge in [0.25, 0.3) is 0 Å². The number of rotatable bonds is 9. The monoisotopic (exact) mass is 448 g/mol. The van der Waals surface area contributed by atoms with Gasteiger partial charge < -0.3 is 18.6 Å². The Labute approximate surface area is 183 Å². The van der Waals surface area contributed by atoms with Crippen LogP contribution in [0.3, 0.4) is 0 Å². The number of hydrogen-bond donors (Lipinski definition) is 0. The predicted molar refractivity (Wildman–Crippen MR) is 127 cm³/mol. The average molecular weight is 449 g/mol. The number of ether oxygens (including phenoxy) is 3. The molecule has 0 spiro atoms. The summed E-state index contributed by atoms with van der Waals surface area (Å²) in [5, 5.41) is 0.187. The zero-order chi connectivity index (χ0) is 21.6. The summed E-state index contributed by atoms with van der Waals surface area (Å²) >= 11 is 6.78. The fraction of sp³-hybridized carbons (Fsp3) is 0.857. The summed E-state index contributed by atoms with van der Waals surface area (Å²) in [6.45, 7) is 19.7. The van der Waals surface area contributed by atoms with Crippen LogP contribution >= 0.6 is 24.0 Å². The first-order chi connectivity index (χ1) is 12.8. The van der Waals surface area contributed by atoms with Crippen LogP contribution in [0.25, 0.3) is 0 Å². The van der Waals surface area contributed by atoms with Crippen LogP contribution in [0.4, 0.5) is 0 Å². The minimum atomic E-state index is -1.80. The molecule has 164 valence electrons. The van der Waals surface area contributed by atoms with Crippen molar-refractivity contribution in [1.29, 1.82) is 0 Å². The van der Waals surface area contributed by atoms with Gasteiger partial charge in [-0.2, -0.15) is 0 Å². The van der Waals surface area contributed by atoms with Gasteiger partial charge in [-0.25, -0.2) is 0 Å². The highest BCUT2D eigenvalue weighted by Crippen LogP contribution is 2.38. The SMILES string of the molecule is C=CCCC[C@@H]1OC(C)(C)O[C@@H](CCO[Si](C)(C)C(C)(C)C)C1OC(=S)SC. The quantitative estimate of drug-likeness (QED) is 0.178. The van der Waals surface area contributed by atoms with Crippen molar-refractivity contribution in [3.05, 3.63) is 12.7 Å². The number of thioether (sulfide) groups is 1. The maximum Gasteiger partial charge on any atom is 0.220 e. The van der Waals surface area contributed by atoms with Crippen LogP contribution in [0.2, 0.25) is 18.1 Å². The largest absolute Gasteiger partial charge is 0.470 e. The molecule has 28 heavy (non-hydrogen) atoms. The summed E-state index contributed by atoms with van der Waals surface area (Å²) in [6, 6.07) is 0. The molecule has 0 aromatic rings. The van der Waals surface area contributed by atoms with E-state index in [1.807, 2.05) is 26.2 Å². The van der Waals surface area contributed by atoms with Gasteiger partial charge in [0.2, 0.25) is 4.38 Å². The third-order valence-corrected chi connectivity index (χ3v) is 11.1. The van der Waals surface area contributed by atoms with Crippen LogP contribution in [0.15, 0.2) is 12.7 Å². The second-order valence-electron chi connectivity index (χ2n) is 9.37. The molecule has 0 bridgehead atoms. The Morgan fingerprint density at radius 2 is 1.79 bits per heavy atom. The van der Waals surface area contributed by atoms with Gasteiger partial charge in [0.05, 0.1) is 0 Å². The summed E-state index contributed by atoms with van der Waals surface area (Å²) in [5.41, 5.74) is 0. The van der Waals surface area contributed by atoms with Crippen molar-refractivity contribution >= 4 is 36.7 Å². The van der Waals surface area contributed by atoms with Gasteiger partial charge in [-0.05, 0) is 76.1 Å². The molecule has 1 aliphatic heterocycles. The smallest absolute Gasteiger partial charge is 0.220 e. The number of hydrogen-bond acceptors (Lipinski definition) is 6. The molecule has 1 heterocycles. The van der Waals surface area contributed by atoms with Crippen molar-refractivity contribution in [2.45, 2.75) is 103 Å². The summed E-state index contributed by atoms with van der Waals surface area (Å²) in [6.07, 6.45) is 7.08. The standard InChI is InChI=1S/C21H40O4S2Si/c1-10-11-12-13-16-18(23-19(26)27-7)17(25-21(5,6)24-16)14-15-22-28(8,9)20(2,3)4/h10,16-18H,1,11-15H2,2-9H3/t16-,17-,18?/m0/s1. The zero-order valence-corrected chi connectivity index (χ0v) is 21.6. The molecule has 0 saturated carbocycles. The fourth-order valence-electron chi connectivity index (χ4n) is 3.00. The first-order valence-corrected chi connectivity index (χ1v) is 14.7. The van der Waals surface area contributed by atoms with E-state index >= 15 is 0 Å². The summed E-state index contributed by atoms with van der Waals surface area (Å²) in [7, 11) is -1.80. The van der Waals surface area contributed by atoms with Gasteiger partial charge in [0.1, 0.15) is 12.2 Å². The molecule has 1 fully saturated rings. The second kappa shape index (κ2) is 10.9. The van der Waals surface area contributed by atoms with E-state index < -0.39 is 14.1 Å². The highest BCUT2D eigenvalue weighted by molar-refractivity contribution is 8.22. The topological polar surface area (TPSA) is 36.9 Å². The molecule has 4 nitrogen and oxygen atoms in total. The summed E-state index contributed by atoms with van der Waals surface area (Å²) in [4.78, 5) is 0. The number of unbranched alkanes of at least 4 members (excludes halogenated alkanes) is 1. The molecule has 7 heteroatoms. The van der Waals surface area contributed by atoms with Crippen LogP contribution < -0.4 is 0 Å². The average Bonchev–Trinajstić information content (AvgIpc) is 2.55. The van der Waals surface area contributed by atoms with Crippen LogP contribution in [0.5, 0.6) is 0 Å². The van der Waals surface area contributed by atoms with E-state index in [0.29, 0.717) is 11.0 Å². The first kappa shape index (κ1) is 26.1. The third-order valence-electron chi connectivity index (χ3n) is 5.57.